The third kappa shape index (κ3) is 2.93. The number of aromatic nitrogens is 1. The summed E-state index contributed by atoms with van der Waals surface area (Å²) in [4.78, 5) is 27.8. The van der Waals surface area contributed by atoms with Crippen molar-refractivity contribution in [3.05, 3.63) is 71.9 Å². The lowest BCUT2D eigenvalue weighted by atomic mass is 10.1. The third-order valence-corrected chi connectivity index (χ3v) is 5.92. The van der Waals surface area contributed by atoms with E-state index in [2.05, 4.69) is 20.9 Å². The number of fused-ring (bicyclic) bond motifs is 1. The average Bonchev–Trinajstić information content (AvgIpc) is 3.09. The van der Waals surface area contributed by atoms with Crippen molar-refractivity contribution in [2.24, 2.45) is 4.99 Å². The molecule has 0 radical (unpaired) electrons. The molecule has 0 spiro atoms. The molecule has 0 saturated carbocycles. The van der Waals surface area contributed by atoms with Gasteiger partial charge < -0.3 is 10.2 Å². The van der Waals surface area contributed by atoms with Crippen LogP contribution >= 0.6 is 39.5 Å². The van der Waals surface area contributed by atoms with Crippen molar-refractivity contribution in [3.8, 4) is 11.6 Å². The number of aromatic carboxylic acids is 1. The van der Waals surface area contributed by atoms with Gasteiger partial charge in [0.05, 0.1) is 22.2 Å². The van der Waals surface area contributed by atoms with Gasteiger partial charge in [-0.2, -0.15) is 0 Å². The van der Waals surface area contributed by atoms with E-state index in [1.807, 2.05) is 0 Å². The van der Waals surface area contributed by atoms with Crippen LogP contribution in [0.15, 0.2) is 51.9 Å². The number of carbonyl (C=O) groups is 2. The lowest BCUT2D eigenvalue weighted by molar-refractivity contribution is -0.112. The first-order chi connectivity index (χ1) is 12.9. The highest BCUT2D eigenvalue weighted by Crippen LogP contribution is 2.35. The molecular formula is C18H9BrN2O4S2. The van der Waals surface area contributed by atoms with Crippen LogP contribution in [0.5, 0.6) is 5.88 Å². The molecule has 0 unspecified atom stereocenters. The summed E-state index contributed by atoms with van der Waals surface area (Å²) >= 11 is 9.84. The number of hydrogen-bond acceptors (Lipinski definition) is 5. The minimum atomic E-state index is -1.05. The SMILES string of the molecule is O=C1N=c2ccc(Br)cc2=C1c1sc(=S)n(-c2ccc(C(=O)O)cc2)c1O. The summed E-state index contributed by atoms with van der Waals surface area (Å²) in [6.45, 7) is 0. The van der Waals surface area contributed by atoms with Gasteiger partial charge in [0.1, 0.15) is 4.88 Å². The van der Waals surface area contributed by atoms with Crippen LogP contribution in [0.1, 0.15) is 15.2 Å². The van der Waals surface area contributed by atoms with Gasteiger partial charge in [-0.3, -0.25) is 9.36 Å². The molecule has 9 heteroatoms. The van der Waals surface area contributed by atoms with E-state index in [-0.39, 0.29) is 11.4 Å². The molecule has 1 amide bonds. The minimum Gasteiger partial charge on any atom is -0.493 e. The molecule has 2 aromatic carbocycles. The molecule has 0 saturated heterocycles. The fourth-order valence-corrected chi connectivity index (χ4v) is 4.56. The lowest BCUT2D eigenvalue weighted by Gasteiger charge is -2.06. The van der Waals surface area contributed by atoms with Crippen molar-refractivity contribution in [3.63, 3.8) is 0 Å². The van der Waals surface area contributed by atoms with Crippen molar-refractivity contribution < 1.29 is 19.8 Å². The van der Waals surface area contributed by atoms with Crippen molar-refractivity contribution >= 4 is 56.9 Å². The zero-order chi connectivity index (χ0) is 19.3. The van der Waals surface area contributed by atoms with Gasteiger partial charge in [0, 0.05) is 9.69 Å². The highest BCUT2D eigenvalue weighted by molar-refractivity contribution is 9.10. The van der Waals surface area contributed by atoms with Gasteiger partial charge in [0.2, 0.25) is 5.88 Å². The Bertz CT molecular complexity index is 1310. The van der Waals surface area contributed by atoms with Gasteiger partial charge in [-0.05, 0) is 54.7 Å². The van der Waals surface area contributed by atoms with Crippen molar-refractivity contribution in [1.82, 2.24) is 4.57 Å². The number of carboxylic acids is 1. The van der Waals surface area contributed by atoms with E-state index < -0.39 is 11.9 Å². The van der Waals surface area contributed by atoms with Crippen LogP contribution in [0, 0.1) is 3.95 Å². The van der Waals surface area contributed by atoms with Gasteiger partial charge in [0.15, 0.2) is 3.95 Å². The summed E-state index contributed by atoms with van der Waals surface area (Å²) < 4.78 is 2.52. The van der Waals surface area contributed by atoms with Crippen molar-refractivity contribution in [1.29, 1.82) is 0 Å². The number of benzene rings is 2. The van der Waals surface area contributed by atoms with Crippen LogP contribution in [-0.2, 0) is 4.79 Å². The predicted molar refractivity (Wildman–Crippen MR) is 106 cm³/mol. The Morgan fingerprint density at radius 3 is 2.56 bits per heavy atom. The zero-order valence-corrected chi connectivity index (χ0v) is 16.6. The Balaban J connectivity index is 1.93. The number of hydrogen-bond donors (Lipinski definition) is 2. The summed E-state index contributed by atoms with van der Waals surface area (Å²) in [6.07, 6.45) is 0. The quantitative estimate of drug-likeness (QED) is 0.586. The number of carboxylic acid groups (broad SMARTS) is 1. The Kier molecular flexibility index (Phi) is 4.29. The minimum absolute atomic E-state index is 0.123. The summed E-state index contributed by atoms with van der Waals surface area (Å²) in [6, 6.07) is 11.2. The molecular weight excluding hydrogens is 452 g/mol. The van der Waals surface area contributed by atoms with Crippen LogP contribution < -0.4 is 10.6 Å². The number of thiazole rings is 1. The molecule has 2 heterocycles. The second kappa shape index (κ2) is 6.52. The fraction of sp³-hybridized carbons (Fsp3) is 0. The van der Waals surface area contributed by atoms with Gasteiger partial charge in [-0.15, -0.1) is 11.3 Å². The van der Waals surface area contributed by atoms with Gasteiger partial charge in [-0.25, -0.2) is 9.79 Å². The molecule has 2 N–H and O–H groups in total. The van der Waals surface area contributed by atoms with E-state index in [0.29, 0.717) is 30.7 Å². The van der Waals surface area contributed by atoms with E-state index in [9.17, 15) is 14.7 Å². The summed E-state index contributed by atoms with van der Waals surface area (Å²) in [5.41, 5.74) is 0.918. The van der Waals surface area contributed by atoms with Gasteiger partial charge >= 0.3 is 5.97 Å². The Hall–Kier alpha value is -2.62. The maximum atomic E-state index is 12.4. The lowest BCUT2D eigenvalue weighted by Crippen LogP contribution is -2.22. The second-order valence-electron chi connectivity index (χ2n) is 5.66. The number of amides is 1. The normalized spacial score (nSPS) is 12.8. The van der Waals surface area contributed by atoms with Gasteiger partial charge in [0.25, 0.3) is 5.91 Å². The van der Waals surface area contributed by atoms with Crippen molar-refractivity contribution in [2.75, 3.05) is 0 Å². The van der Waals surface area contributed by atoms with Crippen LogP contribution in [0.25, 0.3) is 11.3 Å². The topological polar surface area (TPSA) is 91.9 Å². The number of rotatable bonds is 3. The van der Waals surface area contributed by atoms with Crippen molar-refractivity contribution in [2.45, 2.75) is 0 Å². The van der Waals surface area contributed by atoms with E-state index in [1.54, 1.807) is 30.3 Å². The molecule has 0 fully saturated rings. The number of nitrogens with zero attached hydrogens (tertiary/aromatic N) is 2. The Labute approximate surface area is 169 Å². The average molecular weight is 461 g/mol. The number of aromatic hydroxyl groups is 1. The second-order valence-corrected chi connectivity index (χ2v) is 8.22. The first-order valence-corrected chi connectivity index (χ1v) is 9.60. The largest absolute Gasteiger partial charge is 0.493 e. The van der Waals surface area contributed by atoms with E-state index in [0.717, 1.165) is 15.8 Å². The molecule has 0 aliphatic carbocycles. The van der Waals surface area contributed by atoms with Crippen LogP contribution in [0.2, 0.25) is 0 Å². The summed E-state index contributed by atoms with van der Waals surface area (Å²) in [7, 11) is 0. The predicted octanol–water partition coefficient (Wildman–Crippen LogP) is 2.79. The molecule has 3 aromatic rings. The standard InChI is InChI=1S/C18H9BrN2O4S2/c19-9-3-6-12-11(7-9)13(15(22)20-12)14-16(23)21(18(26)27-14)10-4-1-8(2-5-10)17(24)25/h1-7,23H,(H,24,25). The first kappa shape index (κ1) is 17.8. The number of carbonyl (C=O) groups excluding carboxylic acids is 1. The molecule has 0 bridgehead atoms. The monoisotopic (exact) mass is 460 g/mol. The summed E-state index contributed by atoms with van der Waals surface area (Å²) in [5, 5.41) is 21.0. The molecule has 1 aromatic heterocycles. The molecule has 4 rings (SSSR count). The smallest absolute Gasteiger partial charge is 0.335 e. The molecule has 27 heavy (non-hydrogen) atoms. The maximum absolute atomic E-state index is 12.4. The number of halogens is 1. The molecule has 6 nitrogen and oxygen atoms in total. The Morgan fingerprint density at radius 1 is 1.19 bits per heavy atom. The van der Waals surface area contributed by atoms with E-state index in [1.165, 1.54) is 16.7 Å². The van der Waals surface area contributed by atoms with E-state index in [4.69, 9.17) is 17.3 Å². The highest BCUT2D eigenvalue weighted by atomic mass is 79.9. The maximum Gasteiger partial charge on any atom is 0.335 e. The fourth-order valence-electron chi connectivity index (χ4n) is 2.82. The molecule has 134 valence electrons. The zero-order valence-electron chi connectivity index (χ0n) is 13.3. The molecule has 1 aliphatic rings. The molecule has 1 aliphatic heterocycles. The summed E-state index contributed by atoms with van der Waals surface area (Å²) in [5.74, 6) is -1.67. The van der Waals surface area contributed by atoms with Gasteiger partial charge in [-0.1, -0.05) is 15.9 Å². The first-order valence-electron chi connectivity index (χ1n) is 7.58. The van der Waals surface area contributed by atoms with E-state index >= 15 is 0 Å². The van der Waals surface area contributed by atoms with Crippen LogP contribution in [0.4, 0.5) is 0 Å². The Morgan fingerprint density at radius 2 is 1.89 bits per heavy atom. The van der Waals surface area contributed by atoms with Crippen LogP contribution in [0.3, 0.4) is 0 Å². The molecule has 0 atom stereocenters. The van der Waals surface area contributed by atoms with Crippen LogP contribution in [-0.4, -0.2) is 26.7 Å². The third-order valence-electron chi connectivity index (χ3n) is 4.05. The highest BCUT2D eigenvalue weighted by Gasteiger charge is 2.25.